The average molecular weight is 452 g/mol. The molecular weight excluding hydrogens is 425 g/mol. The number of aryl methyl sites for hydroxylation is 3. The fourth-order valence-corrected chi connectivity index (χ4v) is 3.44. The van der Waals surface area contributed by atoms with E-state index in [1.807, 2.05) is 20.3 Å². The van der Waals surface area contributed by atoms with Crippen LogP contribution in [0.2, 0.25) is 0 Å². The number of thiazole rings is 1. The molecule has 0 amide bonds. The van der Waals surface area contributed by atoms with E-state index >= 15 is 0 Å². The second-order valence-electron chi connectivity index (χ2n) is 6.73. The van der Waals surface area contributed by atoms with Crippen molar-refractivity contribution in [1.29, 1.82) is 0 Å². The van der Waals surface area contributed by atoms with Gasteiger partial charge in [0.1, 0.15) is 11.4 Å². The Kier molecular flexibility index (Phi) is 9.70. The molecule has 1 aromatic carbocycles. The van der Waals surface area contributed by atoms with Crippen LogP contribution in [0.25, 0.3) is 11.4 Å². The highest BCUT2D eigenvalue weighted by Gasteiger charge is 2.10. The van der Waals surface area contributed by atoms with Crippen LogP contribution in [-0.2, 0) is 6.42 Å². The first-order chi connectivity index (χ1) is 13.0. The lowest BCUT2D eigenvalue weighted by molar-refractivity contribution is 0.552. The Morgan fingerprint density at radius 2 is 1.79 bits per heavy atom. The van der Waals surface area contributed by atoms with Gasteiger partial charge in [-0.2, -0.15) is 0 Å². The SMILES string of the molecule is CCN(C)/C=N\c1cc(C)c(Cc2nc(-c3cnc(C)cn3)cs2)cc1C.Cl.Cl. The number of hydrogen-bond donors (Lipinski definition) is 0. The van der Waals surface area contributed by atoms with Crippen molar-refractivity contribution in [3.05, 3.63) is 57.3 Å². The molecule has 3 aromatic rings. The highest BCUT2D eigenvalue weighted by molar-refractivity contribution is 7.10. The second-order valence-corrected chi connectivity index (χ2v) is 7.67. The lowest BCUT2D eigenvalue weighted by Gasteiger charge is -2.11. The van der Waals surface area contributed by atoms with Crippen molar-refractivity contribution in [3.8, 4) is 11.4 Å². The zero-order valence-electron chi connectivity index (χ0n) is 17.3. The van der Waals surface area contributed by atoms with E-state index < -0.39 is 0 Å². The molecule has 0 saturated carbocycles. The van der Waals surface area contributed by atoms with Gasteiger partial charge in [0.15, 0.2) is 0 Å². The van der Waals surface area contributed by atoms with Crippen molar-refractivity contribution in [2.45, 2.75) is 34.1 Å². The zero-order valence-corrected chi connectivity index (χ0v) is 19.8. The maximum absolute atomic E-state index is 4.75. The molecule has 5 nitrogen and oxygen atoms in total. The van der Waals surface area contributed by atoms with Crippen LogP contribution in [0.4, 0.5) is 5.69 Å². The van der Waals surface area contributed by atoms with Gasteiger partial charge in [0.2, 0.25) is 0 Å². The molecule has 0 spiro atoms. The van der Waals surface area contributed by atoms with Gasteiger partial charge in [-0.25, -0.2) is 9.98 Å². The summed E-state index contributed by atoms with van der Waals surface area (Å²) < 4.78 is 0. The second kappa shape index (κ2) is 11.2. The average Bonchev–Trinajstić information content (AvgIpc) is 3.12. The number of hydrogen-bond acceptors (Lipinski definition) is 5. The molecule has 0 N–H and O–H groups in total. The number of aromatic nitrogens is 3. The number of rotatable bonds is 6. The van der Waals surface area contributed by atoms with Gasteiger partial charge in [0.25, 0.3) is 0 Å². The number of aliphatic imine (C=N–C) groups is 1. The predicted octanol–water partition coefficient (Wildman–Crippen LogP) is 5.57. The van der Waals surface area contributed by atoms with Crippen LogP contribution < -0.4 is 0 Å². The van der Waals surface area contributed by atoms with Gasteiger partial charge in [0.05, 0.1) is 28.9 Å². The van der Waals surface area contributed by atoms with Gasteiger partial charge in [0, 0.05) is 31.6 Å². The van der Waals surface area contributed by atoms with E-state index in [-0.39, 0.29) is 24.8 Å². The van der Waals surface area contributed by atoms with Gasteiger partial charge in [-0.1, -0.05) is 6.07 Å². The van der Waals surface area contributed by atoms with Crippen LogP contribution in [0, 0.1) is 20.8 Å². The van der Waals surface area contributed by atoms with Gasteiger partial charge in [-0.3, -0.25) is 9.97 Å². The minimum absolute atomic E-state index is 0. The zero-order chi connectivity index (χ0) is 19.4. The van der Waals surface area contributed by atoms with E-state index in [2.05, 4.69) is 58.1 Å². The van der Waals surface area contributed by atoms with E-state index in [1.54, 1.807) is 23.7 Å². The molecule has 0 radical (unpaired) electrons. The molecule has 2 aromatic heterocycles. The van der Waals surface area contributed by atoms with Crippen LogP contribution in [0.15, 0.2) is 34.9 Å². The summed E-state index contributed by atoms with van der Waals surface area (Å²) in [4.78, 5) is 20.1. The molecule has 0 aliphatic carbocycles. The number of benzene rings is 1. The van der Waals surface area contributed by atoms with Crippen molar-refractivity contribution in [2.24, 2.45) is 4.99 Å². The Bertz CT molecular complexity index is 954. The lowest BCUT2D eigenvalue weighted by Crippen LogP contribution is -2.14. The molecule has 3 rings (SSSR count). The largest absolute Gasteiger partial charge is 0.366 e. The molecule has 0 atom stereocenters. The summed E-state index contributed by atoms with van der Waals surface area (Å²) in [6, 6.07) is 4.38. The quantitative estimate of drug-likeness (QED) is 0.362. The van der Waals surface area contributed by atoms with E-state index in [1.165, 1.54) is 16.7 Å². The summed E-state index contributed by atoms with van der Waals surface area (Å²) in [6.45, 7) is 9.23. The summed E-state index contributed by atoms with van der Waals surface area (Å²) in [6.07, 6.45) is 6.26. The molecule has 29 heavy (non-hydrogen) atoms. The Morgan fingerprint density at radius 1 is 1.03 bits per heavy atom. The molecular formula is C21H27Cl2N5S. The van der Waals surface area contributed by atoms with Crippen LogP contribution in [0.5, 0.6) is 0 Å². The third kappa shape index (κ3) is 6.49. The van der Waals surface area contributed by atoms with E-state index in [0.29, 0.717) is 0 Å². The Balaban J connectivity index is 0.00000210. The van der Waals surface area contributed by atoms with Crippen LogP contribution in [0.1, 0.15) is 34.3 Å². The van der Waals surface area contributed by atoms with Crippen molar-refractivity contribution in [1.82, 2.24) is 19.9 Å². The van der Waals surface area contributed by atoms with E-state index in [4.69, 9.17) is 4.98 Å². The standard InChI is InChI=1S/C21H25N5S.2ClH/c1-6-26(5)13-24-18-8-14(2)17(7-15(18)3)9-21-25-20(12-27-21)19-11-22-16(4)10-23-19;;/h7-8,10-13H,6,9H2,1-5H3;2*1H/b24-13-;;. The third-order valence-electron chi connectivity index (χ3n) is 4.48. The summed E-state index contributed by atoms with van der Waals surface area (Å²) >= 11 is 1.66. The van der Waals surface area contributed by atoms with Crippen molar-refractivity contribution >= 4 is 48.2 Å². The monoisotopic (exact) mass is 451 g/mol. The molecule has 2 heterocycles. The van der Waals surface area contributed by atoms with Gasteiger partial charge >= 0.3 is 0 Å². The molecule has 0 fully saturated rings. The summed E-state index contributed by atoms with van der Waals surface area (Å²) in [5, 5.41) is 3.13. The van der Waals surface area contributed by atoms with Crippen LogP contribution >= 0.6 is 36.2 Å². The molecule has 0 aliphatic rings. The smallest absolute Gasteiger partial charge is 0.108 e. The minimum Gasteiger partial charge on any atom is -0.366 e. The van der Waals surface area contributed by atoms with Crippen LogP contribution in [0.3, 0.4) is 0 Å². The number of nitrogens with zero attached hydrogens (tertiary/aromatic N) is 5. The summed E-state index contributed by atoms with van der Waals surface area (Å²) in [5.41, 5.74) is 7.34. The Labute approximate surface area is 189 Å². The maximum atomic E-state index is 4.75. The number of halogens is 2. The van der Waals surface area contributed by atoms with E-state index in [9.17, 15) is 0 Å². The summed E-state index contributed by atoms with van der Waals surface area (Å²) in [7, 11) is 2.03. The minimum atomic E-state index is 0. The Morgan fingerprint density at radius 3 is 2.45 bits per heavy atom. The summed E-state index contributed by atoms with van der Waals surface area (Å²) in [5.74, 6) is 0. The molecule has 0 saturated heterocycles. The predicted molar refractivity (Wildman–Crippen MR) is 128 cm³/mol. The van der Waals surface area contributed by atoms with E-state index in [0.717, 1.165) is 40.7 Å². The molecule has 0 bridgehead atoms. The fourth-order valence-electron chi connectivity index (χ4n) is 2.63. The van der Waals surface area contributed by atoms with Gasteiger partial charge < -0.3 is 4.90 Å². The van der Waals surface area contributed by atoms with Crippen LogP contribution in [-0.4, -0.2) is 39.8 Å². The normalized spacial score (nSPS) is 10.5. The molecule has 0 unspecified atom stereocenters. The van der Waals surface area contributed by atoms with Crippen molar-refractivity contribution in [2.75, 3.05) is 13.6 Å². The molecule has 0 aliphatic heterocycles. The van der Waals surface area contributed by atoms with Gasteiger partial charge in [-0.05, 0) is 50.5 Å². The highest BCUT2D eigenvalue weighted by Crippen LogP contribution is 2.27. The first-order valence-corrected chi connectivity index (χ1v) is 9.92. The first kappa shape index (κ1) is 25.0. The Hall–Kier alpha value is -2.02. The lowest BCUT2D eigenvalue weighted by atomic mass is 10.0. The highest BCUT2D eigenvalue weighted by atomic mass is 35.5. The maximum Gasteiger partial charge on any atom is 0.108 e. The molecule has 156 valence electrons. The first-order valence-electron chi connectivity index (χ1n) is 9.04. The third-order valence-corrected chi connectivity index (χ3v) is 5.33. The topological polar surface area (TPSA) is 54.3 Å². The van der Waals surface area contributed by atoms with Crippen molar-refractivity contribution in [3.63, 3.8) is 0 Å². The van der Waals surface area contributed by atoms with Gasteiger partial charge in [-0.15, -0.1) is 36.2 Å². The molecule has 8 heteroatoms. The fraction of sp³-hybridized carbons (Fsp3) is 0.333. The van der Waals surface area contributed by atoms with Crippen molar-refractivity contribution < 1.29 is 0 Å².